The molecule has 31 heavy (non-hydrogen) atoms. The largest absolute Gasteiger partial charge is 0.507 e. The number of aliphatic hydroxyl groups is 1. The number of carbonyl (C=O) groups is 2. The van der Waals surface area contributed by atoms with E-state index in [0.29, 0.717) is 27.3 Å². The molecule has 1 saturated heterocycles. The molecule has 1 aromatic carbocycles. The van der Waals surface area contributed by atoms with Crippen LogP contribution >= 0.6 is 15.9 Å². The SMILES string of the molecule is COc1ccc(/C(O)=C2/C(=O)C(=O)N(Cc3cccnc3)C2c2ccc(C)o2)cc1Br. The van der Waals surface area contributed by atoms with Crippen LogP contribution in [0.5, 0.6) is 5.75 Å². The molecule has 0 aliphatic carbocycles. The second kappa shape index (κ2) is 8.39. The van der Waals surface area contributed by atoms with E-state index >= 15 is 0 Å². The van der Waals surface area contributed by atoms with Gasteiger partial charge >= 0.3 is 0 Å². The molecule has 3 heterocycles. The molecule has 1 unspecified atom stereocenters. The maximum Gasteiger partial charge on any atom is 0.296 e. The molecular weight excluding hydrogens is 464 g/mol. The maximum atomic E-state index is 13.0. The summed E-state index contributed by atoms with van der Waals surface area (Å²) in [5.41, 5.74) is 1.10. The Hall–Kier alpha value is -3.39. The molecular formula is C23H19BrN2O5. The van der Waals surface area contributed by atoms with Crippen molar-refractivity contribution in [1.82, 2.24) is 9.88 Å². The number of aromatic nitrogens is 1. The highest BCUT2D eigenvalue weighted by atomic mass is 79.9. The standard InChI is InChI=1S/C23H19BrN2O5/c1-13-5-7-18(31-13)20-19(21(27)15-6-8-17(30-2)16(24)10-15)22(28)23(29)26(20)12-14-4-3-9-25-11-14/h3-11,20,27H,12H2,1-2H3/b21-19-. The summed E-state index contributed by atoms with van der Waals surface area (Å²) >= 11 is 3.38. The number of furan rings is 1. The number of Topliss-reactive ketones (excluding diaryl/α,β-unsaturated/α-hetero) is 1. The summed E-state index contributed by atoms with van der Waals surface area (Å²) in [6.07, 6.45) is 3.26. The third-order valence-corrected chi connectivity index (χ3v) is 5.69. The number of hydrogen-bond acceptors (Lipinski definition) is 6. The zero-order chi connectivity index (χ0) is 22.1. The fourth-order valence-electron chi connectivity index (χ4n) is 3.60. The molecule has 4 rings (SSSR count). The Bertz CT molecular complexity index is 1190. The van der Waals surface area contributed by atoms with E-state index in [2.05, 4.69) is 20.9 Å². The molecule has 0 saturated carbocycles. The number of pyridine rings is 1. The van der Waals surface area contributed by atoms with Gasteiger partial charge in [0.15, 0.2) is 0 Å². The molecule has 0 spiro atoms. The van der Waals surface area contributed by atoms with Crippen LogP contribution in [0.4, 0.5) is 0 Å². The van der Waals surface area contributed by atoms with E-state index in [1.54, 1.807) is 55.7 Å². The normalized spacial score (nSPS) is 17.9. The average Bonchev–Trinajstić information content (AvgIpc) is 3.30. The summed E-state index contributed by atoms with van der Waals surface area (Å²) in [6, 6.07) is 11.1. The Morgan fingerprint density at radius 1 is 1.26 bits per heavy atom. The molecule has 1 atom stereocenters. The lowest BCUT2D eigenvalue weighted by molar-refractivity contribution is -0.140. The monoisotopic (exact) mass is 482 g/mol. The van der Waals surface area contributed by atoms with E-state index < -0.39 is 17.7 Å². The molecule has 7 nitrogen and oxygen atoms in total. The number of halogens is 1. The number of aryl methyl sites for hydroxylation is 1. The molecule has 8 heteroatoms. The lowest BCUT2D eigenvalue weighted by Gasteiger charge is -2.23. The number of amides is 1. The number of ether oxygens (including phenoxy) is 1. The fourth-order valence-corrected chi connectivity index (χ4v) is 4.14. The van der Waals surface area contributed by atoms with Crippen LogP contribution in [0.25, 0.3) is 5.76 Å². The zero-order valence-electron chi connectivity index (χ0n) is 16.8. The minimum atomic E-state index is -0.866. The van der Waals surface area contributed by atoms with Crippen LogP contribution in [0.1, 0.15) is 28.7 Å². The fraction of sp³-hybridized carbons (Fsp3) is 0.174. The first kappa shape index (κ1) is 20.9. The highest BCUT2D eigenvalue weighted by molar-refractivity contribution is 9.10. The van der Waals surface area contributed by atoms with Crippen molar-refractivity contribution in [2.45, 2.75) is 19.5 Å². The second-order valence-corrected chi connectivity index (χ2v) is 7.94. The third kappa shape index (κ3) is 3.86. The number of ketones is 1. The van der Waals surface area contributed by atoms with Crippen molar-refractivity contribution in [2.24, 2.45) is 0 Å². The van der Waals surface area contributed by atoms with Gasteiger partial charge < -0.3 is 19.2 Å². The highest BCUT2D eigenvalue weighted by Gasteiger charge is 2.47. The van der Waals surface area contributed by atoms with Gasteiger partial charge in [-0.2, -0.15) is 0 Å². The average molecular weight is 483 g/mol. The van der Waals surface area contributed by atoms with E-state index in [1.165, 1.54) is 12.0 Å². The minimum Gasteiger partial charge on any atom is -0.507 e. The smallest absolute Gasteiger partial charge is 0.296 e. The van der Waals surface area contributed by atoms with Crippen molar-refractivity contribution < 1.29 is 23.8 Å². The van der Waals surface area contributed by atoms with Gasteiger partial charge in [-0.1, -0.05) is 6.07 Å². The van der Waals surface area contributed by atoms with Gasteiger partial charge in [0.05, 0.1) is 17.2 Å². The van der Waals surface area contributed by atoms with E-state index in [1.807, 2.05) is 6.07 Å². The van der Waals surface area contributed by atoms with Gasteiger partial charge in [0.2, 0.25) is 0 Å². The maximum absolute atomic E-state index is 13.0. The number of hydrogen-bond donors (Lipinski definition) is 1. The molecule has 1 aliphatic rings. The molecule has 1 amide bonds. The van der Waals surface area contributed by atoms with Crippen molar-refractivity contribution in [3.63, 3.8) is 0 Å². The Kier molecular flexibility index (Phi) is 5.65. The third-order valence-electron chi connectivity index (χ3n) is 5.07. The van der Waals surface area contributed by atoms with Gasteiger partial charge in [0.25, 0.3) is 11.7 Å². The molecule has 0 radical (unpaired) electrons. The van der Waals surface area contributed by atoms with Crippen LogP contribution in [-0.2, 0) is 16.1 Å². The van der Waals surface area contributed by atoms with Crippen LogP contribution in [0.2, 0.25) is 0 Å². The Balaban J connectivity index is 1.85. The minimum absolute atomic E-state index is 0.0275. The number of carbonyl (C=O) groups excluding carboxylic acids is 2. The number of rotatable bonds is 5. The van der Waals surface area contributed by atoms with E-state index in [-0.39, 0.29) is 17.9 Å². The summed E-state index contributed by atoms with van der Waals surface area (Å²) < 4.78 is 11.6. The van der Waals surface area contributed by atoms with Crippen LogP contribution in [0.15, 0.2) is 69.3 Å². The quantitative estimate of drug-likeness (QED) is 0.329. The van der Waals surface area contributed by atoms with Crippen LogP contribution < -0.4 is 4.74 Å². The van der Waals surface area contributed by atoms with Gasteiger partial charge in [-0.15, -0.1) is 0 Å². The van der Waals surface area contributed by atoms with Crippen molar-refractivity contribution in [3.8, 4) is 5.75 Å². The lowest BCUT2D eigenvalue weighted by Crippen LogP contribution is -2.29. The summed E-state index contributed by atoms with van der Waals surface area (Å²) in [7, 11) is 1.53. The van der Waals surface area contributed by atoms with Crippen molar-refractivity contribution in [3.05, 3.63) is 87.6 Å². The molecule has 1 fully saturated rings. The summed E-state index contributed by atoms with van der Waals surface area (Å²) in [4.78, 5) is 31.4. The van der Waals surface area contributed by atoms with Crippen molar-refractivity contribution >= 4 is 33.4 Å². The van der Waals surface area contributed by atoms with Gasteiger partial charge in [-0.05, 0) is 64.8 Å². The van der Waals surface area contributed by atoms with Crippen molar-refractivity contribution in [2.75, 3.05) is 7.11 Å². The molecule has 3 aromatic rings. The van der Waals surface area contributed by atoms with Crippen LogP contribution in [-0.4, -0.2) is 33.8 Å². The van der Waals surface area contributed by atoms with Gasteiger partial charge in [-0.25, -0.2) is 0 Å². The first-order valence-corrected chi connectivity index (χ1v) is 10.3. The Morgan fingerprint density at radius 2 is 2.06 bits per heavy atom. The predicted molar refractivity (Wildman–Crippen MR) is 116 cm³/mol. The zero-order valence-corrected chi connectivity index (χ0v) is 18.4. The summed E-state index contributed by atoms with van der Waals surface area (Å²) in [5.74, 6) is -0.158. The predicted octanol–water partition coefficient (Wildman–Crippen LogP) is 4.38. The number of aliphatic hydroxyl groups excluding tert-OH is 1. The summed E-state index contributed by atoms with van der Waals surface area (Å²) in [5, 5.41) is 11.1. The topological polar surface area (TPSA) is 92.9 Å². The number of likely N-dealkylation sites (tertiary alicyclic amines) is 1. The first-order chi connectivity index (χ1) is 14.9. The first-order valence-electron chi connectivity index (χ1n) is 9.48. The number of methoxy groups -OCH3 is 1. The van der Waals surface area contributed by atoms with E-state index in [0.717, 1.165) is 5.56 Å². The van der Waals surface area contributed by atoms with Crippen LogP contribution in [0.3, 0.4) is 0 Å². The van der Waals surface area contributed by atoms with Gasteiger partial charge in [-0.3, -0.25) is 14.6 Å². The Labute approximate surface area is 187 Å². The highest BCUT2D eigenvalue weighted by Crippen LogP contribution is 2.41. The van der Waals surface area contributed by atoms with Gasteiger partial charge in [0, 0.05) is 24.5 Å². The lowest BCUT2D eigenvalue weighted by atomic mass is 9.99. The summed E-state index contributed by atoms with van der Waals surface area (Å²) in [6.45, 7) is 1.92. The van der Waals surface area contributed by atoms with Crippen LogP contribution in [0, 0.1) is 6.92 Å². The molecule has 158 valence electrons. The van der Waals surface area contributed by atoms with E-state index in [4.69, 9.17) is 9.15 Å². The van der Waals surface area contributed by atoms with Gasteiger partial charge in [0.1, 0.15) is 29.1 Å². The Morgan fingerprint density at radius 3 is 2.68 bits per heavy atom. The number of nitrogens with zero attached hydrogens (tertiary/aromatic N) is 2. The van der Waals surface area contributed by atoms with E-state index in [9.17, 15) is 14.7 Å². The van der Waals surface area contributed by atoms with Crippen molar-refractivity contribution in [1.29, 1.82) is 0 Å². The molecule has 0 bridgehead atoms. The molecule has 1 N–H and O–H groups in total. The number of benzene rings is 1. The molecule has 1 aliphatic heterocycles. The second-order valence-electron chi connectivity index (χ2n) is 7.09. The molecule has 2 aromatic heterocycles.